The number of rotatable bonds is 5. The zero-order valence-corrected chi connectivity index (χ0v) is 11.4. The Kier molecular flexibility index (Phi) is 4.11. The lowest BCUT2D eigenvalue weighted by Crippen LogP contribution is -2.40. The molecule has 0 aromatic carbocycles. The Morgan fingerprint density at radius 2 is 1.73 bits per heavy atom. The molecule has 0 amide bonds. The van der Waals surface area contributed by atoms with Gasteiger partial charge in [0, 0.05) is 0 Å². The van der Waals surface area contributed by atoms with Crippen molar-refractivity contribution in [2.24, 2.45) is 0 Å². The van der Waals surface area contributed by atoms with Crippen LogP contribution in [0.15, 0.2) is 44.5 Å². The van der Waals surface area contributed by atoms with Crippen LogP contribution in [-0.2, 0) is 13.1 Å². The van der Waals surface area contributed by atoms with Crippen LogP contribution in [0.5, 0.6) is 0 Å². The highest BCUT2D eigenvalue weighted by molar-refractivity contribution is 5.40. The highest BCUT2D eigenvalue weighted by atomic mass is 16.2. The van der Waals surface area contributed by atoms with Crippen LogP contribution >= 0.6 is 0 Å². The van der Waals surface area contributed by atoms with Gasteiger partial charge in [-0.2, -0.15) is 4.98 Å². The molecule has 0 saturated heterocycles. The summed E-state index contributed by atoms with van der Waals surface area (Å²) in [4.78, 5) is 51.9. The van der Waals surface area contributed by atoms with Crippen molar-refractivity contribution in [2.75, 3.05) is 0 Å². The minimum absolute atomic E-state index is 0.00476. The van der Waals surface area contributed by atoms with Gasteiger partial charge in [0.15, 0.2) is 11.6 Å². The second kappa shape index (κ2) is 5.99. The topological polar surface area (TPSA) is 135 Å². The molecule has 0 saturated carbocycles. The molecule has 2 heterocycles. The second-order valence-electron chi connectivity index (χ2n) is 4.16. The maximum Gasteiger partial charge on any atom is 0.338 e. The van der Waals surface area contributed by atoms with Gasteiger partial charge in [-0.1, -0.05) is 12.2 Å². The summed E-state index contributed by atoms with van der Waals surface area (Å²) in [6, 6.07) is 0. The third-order valence-corrected chi connectivity index (χ3v) is 2.60. The number of H-pyrrole nitrogens is 2. The third kappa shape index (κ3) is 2.75. The summed E-state index contributed by atoms with van der Waals surface area (Å²) < 4.78 is 2.05. The molecule has 10 nitrogen and oxygen atoms in total. The largest absolute Gasteiger partial charge is 0.338 e. The summed E-state index contributed by atoms with van der Waals surface area (Å²) in [7, 11) is 0. The van der Waals surface area contributed by atoms with Gasteiger partial charge in [0.05, 0.1) is 13.1 Å². The van der Waals surface area contributed by atoms with Crippen LogP contribution in [0.2, 0.25) is 0 Å². The van der Waals surface area contributed by atoms with Gasteiger partial charge in [-0.25, -0.2) is 4.68 Å². The molecular weight excluding hydrogens is 292 g/mol. The van der Waals surface area contributed by atoms with E-state index in [4.69, 9.17) is 0 Å². The Bertz CT molecular complexity index is 961. The molecule has 10 heteroatoms. The minimum Gasteiger partial charge on any atom is -0.298 e. The Morgan fingerprint density at radius 1 is 1.05 bits per heavy atom. The Hall–Kier alpha value is -3.30. The molecule has 2 N–H and O–H groups in total. The van der Waals surface area contributed by atoms with Gasteiger partial charge in [-0.15, -0.1) is 18.3 Å². The lowest BCUT2D eigenvalue weighted by atomic mass is 10.5. The van der Waals surface area contributed by atoms with Gasteiger partial charge in [0.25, 0.3) is 0 Å². The Labute approximate surface area is 122 Å². The number of aromatic nitrogens is 6. The van der Waals surface area contributed by atoms with Gasteiger partial charge in [-0.05, 0) is 0 Å². The molecule has 0 bridgehead atoms. The molecule has 0 atom stereocenters. The average Bonchev–Trinajstić information content (AvgIpc) is 2.48. The van der Waals surface area contributed by atoms with Gasteiger partial charge in [-0.3, -0.25) is 33.9 Å². The first kappa shape index (κ1) is 15.1. The zero-order chi connectivity index (χ0) is 16.3. The van der Waals surface area contributed by atoms with Crippen molar-refractivity contribution in [2.45, 2.75) is 13.1 Å². The van der Waals surface area contributed by atoms with E-state index in [2.05, 4.69) is 33.3 Å². The van der Waals surface area contributed by atoms with Crippen molar-refractivity contribution in [1.82, 2.24) is 29.5 Å². The highest BCUT2D eigenvalue weighted by Crippen LogP contribution is 2.05. The van der Waals surface area contributed by atoms with E-state index in [9.17, 15) is 19.2 Å². The monoisotopic (exact) mass is 304 g/mol. The van der Waals surface area contributed by atoms with E-state index >= 15 is 0 Å². The van der Waals surface area contributed by atoms with Crippen molar-refractivity contribution < 1.29 is 0 Å². The molecule has 0 aliphatic heterocycles. The Balaban J connectivity index is 2.78. The van der Waals surface area contributed by atoms with Crippen molar-refractivity contribution in [3.63, 3.8) is 0 Å². The fourth-order valence-electron chi connectivity index (χ4n) is 1.69. The molecule has 2 aromatic rings. The predicted molar refractivity (Wildman–Crippen MR) is 77.6 cm³/mol. The summed E-state index contributed by atoms with van der Waals surface area (Å²) in [6.07, 6.45) is 2.83. The van der Waals surface area contributed by atoms with Crippen LogP contribution < -0.4 is 22.2 Å². The van der Waals surface area contributed by atoms with E-state index in [0.717, 1.165) is 4.68 Å². The van der Waals surface area contributed by atoms with Crippen molar-refractivity contribution in [3.05, 3.63) is 66.7 Å². The summed E-state index contributed by atoms with van der Waals surface area (Å²) in [5.74, 6) is -0.235. The van der Waals surface area contributed by atoms with Crippen LogP contribution in [0, 0.1) is 0 Å². The number of nitrogens with one attached hydrogen (secondary N) is 2. The fraction of sp³-hybridized carbons (Fsp3) is 0.167. The molecule has 2 rings (SSSR count). The van der Waals surface area contributed by atoms with E-state index in [1.165, 1.54) is 16.8 Å². The van der Waals surface area contributed by atoms with Gasteiger partial charge >= 0.3 is 22.2 Å². The molecule has 2 aromatic heterocycles. The number of aromatic amines is 2. The van der Waals surface area contributed by atoms with Crippen LogP contribution in [0.1, 0.15) is 0 Å². The molecule has 0 radical (unpaired) electrons. The van der Waals surface area contributed by atoms with Crippen LogP contribution in [-0.4, -0.2) is 29.5 Å². The van der Waals surface area contributed by atoms with Crippen LogP contribution in [0.25, 0.3) is 11.6 Å². The maximum atomic E-state index is 11.7. The smallest absolute Gasteiger partial charge is 0.298 e. The lowest BCUT2D eigenvalue weighted by molar-refractivity contribution is 0.606. The highest BCUT2D eigenvalue weighted by Gasteiger charge is 2.14. The number of hydrogen-bond acceptors (Lipinski definition) is 6. The lowest BCUT2D eigenvalue weighted by Gasteiger charge is -2.09. The van der Waals surface area contributed by atoms with E-state index in [-0.39, 0.29) is 24.7 Å². The molecule has 0 spiro atoms. The van der Waals surface area contributed by atoms with Crippen molar-refractivity contribution >= 4 is 0 Å². The summed E-state index contributed by atoms with van der Waals surface area (Å²) in [6.45, 7) is 7.09. The van der Waals surface area contributed by atoms with E-state index in [1.807, 2.05) is 0 Å². The number of hydrogen-bond donors (Lipinski definition) is 2. The molecular formula is C12H12N6O4. The van der Waals surface area contributed by atoms with Crippen molar-refractivity contribution in [3.8, 4) is 11.6 Å². The average molecular weight is 304 g/mol. The van der Waals surface area contributed by atoms with E-state index in [0.29, 0.717) is 0 Å². The first-order chi connectivity index (χ1) is 10.5. The van der Waals surface area contributed by atoms with E-state index in [1.54, 1.807) is 0 Å². The molecule has 0 unspecified atom stereocenters. The first-order valence-electron chi connectivity index (χ1n) is 6.12. The minimum atomic E-state index is -1.04. The summed E-state index contributed by atoms with van der Waals surface area (Å²) >= 11 is 0. The van der Waals surface area contributed by atoms with Crippen LogP contribution in [0.3, 0.4) is 0 Å². The van der Waals surface area contributed by atoms with Gasteiger partial charge < -0.3 is 0 Å². The van der Waals surface area contributed by atoms with E-state index < -0.39 is 22.2 Å². The van der Waals surface area contributed by atoms with Crippen LogP contribution in [0.4, 0.5) is 0 Å². The molecule has 22 heavy (non-hydrogen) atoms. The summed E-state index contributed by atoms with van der Waals surface area (Å²) in [5.41, 5.74) is -3.77. The fourth-order valence-corrected chi connectivity index (χ4v) is 1.69. The predicted octanol–water partition coefficient (Wildman–Crippen LogP) is -1.78. The SMILES string of the molecule is C=CCn1[nH]c(=O)c(=O)nc1-c1nn(CC=C)c(=O)c(=O)[nH]1. The van der Waals surface area contributed by atoms with Crippen molar-refractivity contribution in [1.29, 1.82) is 0 Å². The third-order valence-electron chi connectivity index (χ3n) is 2.60. The Morgan fingerprint density at radius 3 is 2.36 bits per heavy atom. The van der Waals surface area contributed by atoms with Gasteiger partial charge in [0.1, 0.15) is 0 Å². The zero-order valence-electron chi connectivity index (χ0n) is 11.4. The summed E-state index contributed by atoms with van der Waals surface area (Å²) in [5, 5.41) is 6.18. The molecule has 0 aliphatic carbocycles. The normalized spacial score (nSPS) is 10.4. The first-order valence-corrected chi connectivity index (χ1v) is 6.12. The maximum absolute atomic E-state index is 11.7. The molecule has 114 valence electrons. The quantitative estimate of drug-likeness (QED) is 0.495. The van der Waals surface area contributed by atoms with Gasteiger partial charge in [0.2, 0.25) is 0 Å². The standard InChI is InChI=1S/C12H12N6O4/c1-3-5-17-8(14-9(19)10(20)16-17)7-13-11(21)12(22)18(15-7)6-4-2/h3-4H,1-2,5-6H2,(H,16,20)(H,13,15,21). The number of allylic oxidation sites excluding steroid dienone is 2. The molecule has 0 aliphatic rings. The second-order valence-corrected chi connectivity index (χ2v) is 4.16. The number of nitrogens with zero attached hydrogens (tertiary/aromatic N) is 4. The molecule has 0 fully saturated rings.